The Morgan fingerprint density at radius 3 is 2.29 bits per heavy atom. The molecule has 2 amide bonds. The van der Waals surface area contributed by atoms with Crippen molar-refractivity contribution in [1.82, 2.24) is 15.2 Å². The molecule has 0 saturated heterocycles. The first kappa shape index (κ1) is 22.0. The summed E-state index contributed by atoms with van der Waals surface area (Å²) in [4.78, 5) is 23.9. The second kappa shape index (κ2) is 10.9. The molecule has 7 heteroatoms. The molecule has 0 aliphatic rings. The van der Waals surface area contributed by atoms with Gasteiger partial charge >= 0.3 is 6.03 Å². The van der Waals surface area contributed by atoms with Gasteiger partial charge in [0, 0.05) is 25.4 Å². The van der Waals surface area contributed by atoms with Crippen molar-refractivity contribution in [3.8, 4) is 11.5 Å². The van der Waals surface area contributed by atoms with Crippen molar-refractivity contribution >= 4 is 6.03 Å². The lowest BCUT2D eigenvalue weighted by Crippen LogP contribution is -2.36. The van der Waals surface area contributed by atoms with Gasteiger partial charge in [0.15, 0.2) is 11.5 Å². The van der Waals surface area contributed by atoms with E-state index in [2.05, 4.69) is 10.6 Å². The lowest BCUT2D eigenvalue weighted by Gasteiger charge is -2.11. The largest absolute Gasteiger partial charge is 0.493 e. The Kier molecular flexibility index (Phi) is 7.70. The van der Waals surface area contributed by atoms with Crippen LogP contribution < -0.4 is 25.7 Å². The summed E-state index contributed by atoms with van der Waals surface area (Å²) in [6.07, 6.45) is 2.45. The summed E-state index contributed by atoms with van der Waals surface area (Å²) in [6.45, 7) is 1.45. The highest BCUT2D eigenvalue weighted by Gasteiger charge is 2.06. The molecule has 3 rings (SSSR count). The molecule has 0 atom stereocenters. The monoisotopic (exact) mass is 421 g/mol. The second-order valence-electron chi connectivity index (χ2n) is 7.03. The maximum Gasteiger partial charge on any atom is 0.315 e. The number of methoxy groups -OCH3 is 2. The smallest absolute Gasteiger partial charge is 0.315 e. The summed E-state index contributed by atoms with van der Waals surface area (Å²) in [6, 6.07) is 18.4. The molecule has 7 nitrogen and oxygen atoms in total. The minimum Gasteiger partial charge on any atom is -0.493 e. The average molecular weight is 421 g/mol. The maximum atomic E-state index is 12.1. The number of pyridine rings is 1. The second-order valence-corrected chi connectivity index (χ2v) is 7.03. The van der Waals surface area contributed by atoms with Crippen molar-refractivity contribution in [2.45, 2.75) is 19.5 Å². The predicted octanol–water partition coefficient (Wildman–Crippen LogP) is 2.96. The van der Waals surface area contributed by atoms with Gasteiger partial charge in [0.25, 0.3) is 5.56 Å². The molecule has 2 aromatic carbocycles. The minimum absolute atomic E-state index is 0.0296. The van der Waals surface area contributed by atoms with E-state index in [0.717, 1.165) is 16.7 Å². The molecule has 2 N–H and O–H groups in total. The molecule has 1 heterocycles. The molecule has 0 saturated carbocycles. The summed E-state index contributed by atoms with van der Waals surface area (Å²) in [5.74, 6) is 1.35. The number of nitrogens with zero attached hydrogens (tertiary/aromatic N) is 1. The molecule has 31 heavy (non-hydrogen) atoms. The van der Waals surface area contributed by atoms with Gasteiger partial charge < -0.3 is 24.7 Å². The molecule has 0 fully saturated rings. The van der Waals surface area contributed by atoms with E-state index in [1.807, 2.05) is 48.5 Å². The molecule has 162 valence electrons. The van der Waals surface area contributed by atoms with Gasteiger partial charge in [-0.1, -0.05) is 36.4 Å². The number of nitrogens with one attached hydrogen (secondary N) is 2. The van der Waals surface area contributed by atoms with E-state index in [0.29, 0.717) is 37.6 Å². The normalized spacial score (nSPS) is 10.4. The van der Waals surface area contributed by atoms with Gasteiger partial charge in [0.1, 0.15) is 0 Å². The van der Waals surface area contributed by atoms with Crippen LogP contribution in [0.1, 0.15) is 16.7 Å². The number of ether oxygens (including phenoxy) is 2. The number of rotatable bonds is 9. The van der Waals surface area contributed by atoms with Crippen LogP contribution in [0.5, 0.6) is 11.5 Å². The summed E-state index contributed by atoms with van der Waals surface area (Å²) in [5.41, 5.74) is 3.03. The van der Waals surface area contributed by atoms with E-state index in [-0.39, 0.29) is 11.6 Å². The highest BCUT2D eigenvalue weighted by molar-refractivity contribution is 5.73. The molecule has 0 aliphatic carbocycles. The molecule has 0 radical (unpaired) electrons. The van der Waals surface area contributed by atoms with Gasteiger partial charge in [-0.3, -0.25) is 4.79 Å². The van der Waals surface area contributed by atoms with Crippen LogP contribution >= 0.6 is 0 Å². The van der Waals surface area contributed by atoms with E-state index in [1.165, 1.54) is 0 Å². The standard InChI is InChI=1S/C24H27N3O4/c1-30-21-11-10-18(15-22(21)31-2)12-13-25-24(29)26-16-19-6-8-20(9-7-19)17-27-14-4-3-5-23(27)28/h3-11,14-15H,12-13,16-17H2,1-2H3,(H2,25,26,29). The first-order valence-corrected chi connectivity index (χ1v) is 10.0. The van der Waals surface area contributed by atoms with E-state index in [9.17, 15) is 9.59 Å². The van der Waals surface area contributed by atoms with Crippen LogP contribution in [0.25, 0.3) is 0 Å². The van der Waals surface area contributed by atoms with E-state index >= 15 is 0 Å². The van der Waals surface area contributed by atoms with E-state index in [4.69, 9.17) is 9.47 Å². The zero-order valence-electron chi connectivity index (χ0n) is 17.8. The van der Waals surface area contributed by atoms with Crippen molar-refractivity contribution in [2.24, 2.45) is 0 Å². The summed E-state index contributed by atoms with van der Waals surface area (Å²) in [5, 5.41) is 5.71. The quantitative estimate of drug-likeness (QED) is 0.557. The first-order chi connectivity index (χ1) is 15.1. The van der Waals surface area contributed by atoms with Crippen molar-refractivity contribution < 1.29 is 14.3 Å². The molecule has 0 bridgehead atoms. The van der Waals surface area contributed by atoms with Gasteiger partial charge in [-0.2, -0.15) is 0 Å². The predicted molar refractivity (Wildman–Crippen MR) is 120 cm³/mol. The average Bonchev–Trinajstić information content (AvgIpc) is 2.80. The van der Waals surface area contributed by atoms with Crippen LogP contribution in [-0.2, 0) is 19.5 Å². The Morgan fingerprint density at radius 2 is 1.58 bits per heavy atom. The third kappa shape index (κ3) is 6.37. The number of hydrogen-bond acceptors (Lipinski definition) is 4. The number of carbonyl (C=O) groups is 1. The lowest BCUT2D eigenvalue weighted by molar-refractivity contribution is 0.240. The Balaban J connectivity index is 1.42. The van der Waals surface area contributed by atoms with E-state index in [1.54, 1.807) is 37.1 Å². The number of carbonyl (C=O) groups excluding carboxylic acids is 1. The number of benzene rings is 2. The van der Waals surface area contributed by atoms with Crippen molar-refractivity contribution in [1.29, 1.82) is 0 Å². The fraction of sp³-hybridized carbons (Fsp3) is 0.250. The van der Waals surface area contributed by atoms with Crippen molar-refractivity contribution in [2.75, 3.05) is 20.8 Å². The highest BCUT2D eigenvalue weighted by atomic mass is 16.5. The molecular weight excluding hydrogens is 394 g/mol. The molecule has 3 aromatic rings. The summed E-state index contributed by atoms with van der Waals surface area (Å²) >= 11 is 0. The van der Waals surface area contributed by atoms with Gasteiger partial charge in [-0.05, 0) is 41.3 Å². The van der Waals surface area contributed by atoms with Crippen molar-refractivity contribution in [3.05, 3.63) is 93.9 Å². The first-order valence-electron chi connectivity index (χ1n) is 10.0. The SMILES string of the molecule is COc1ccc(CCNC(=O)NCc2ccc(Cn3ccccc3=O)cc2)cc1OC. The molecular formula is C24H27N3O4. The molecule has 0 unspecified atom stereocenters. The number of hydrogen-bond donors (Lipinski definition) is 2. The summed E-state index contributed by atoms with van der Waals surface area (Å²) in [7, 11) is 3.20. The van der Waals surface area contributed by atoms with E-state index < -0.39 is 0 Å². The lowest BCUT2D eigenvalue weighted by atomic mass is 10.1. The zero-order valence-corrected chi connectivity index (χ0v) is 17.8. The maximum absolute atomic E-state index is 12.1. The Labute approximate surface area is 181 Å². The van der Waals surface area contributed by atoms with Gasteiger partial charge in [-0.15, -0.1) is 0 Å². The van der Waals surface area contributed by atoms with Crippen LogP contribution in [0.3, 0.4) is 0 Å². The fourth-order valence-electron chi connectivity index (χ4n) is 3.15. The Morgan fingerprint density at radius 1 is 0.871 bits per heavy atom. The van der Waals surface area contributed by atoms with Gasteiger partial charge in [0.05, 0.1) is 20.8 Å². The molecule has 0 aliphatic heterocycles. The van der Waals surface area contributed by atoms with Crippen LogP contribution in [0, 0.1) is 0 Å². The third-order valence-corrected chi connectivity index (χ3v) is 4.88. The van der Waals surface area contributed by atoms with Crippen molar-refractivity contribution in [3.63, 3.8) is 0 Å². The zero-order chi connectivity index (χ0) is 22.1. The summed E-state index contributed by atoms with van der Waals surface area (Å²) < 4.78 is 12.2. The van der Waals surface area contributed by atoms with Crippen LogP contribution in [0.2, 0.25) is 0 Å². The topological polar surface area (TPSA) is 81.6 Å². The van der Waals surface area contributed by atoms with Gasteiger partial charge in [-0.25, -0.2) is 4.79 Å². The molecule has 0 spiro atoms. The fourth-order valence-corrected chi connectivity index (χ4v) is 3.15. The van der Waals surface area contributed by atoms with Crippen LogP contribution in [-0.4, -0.2) is 31.4 Å². The molecule has 1 aromatic heterocycles. The minimum atomic E-state index is -0.222. The van der Waals surface area contributed by atoms with Gasteiger partial charge in [0.2, 0.25) is 0 Å². The third-order valence-electron chi connectivity index (χ3n) is 4.88. The Hall–Kier alpha value is -3.74. The number of aromatic nitrogens is 1. The Bertz CT molecular complexity index is 1060. The van der Waals surface area contributed by atoms with Crippen LogP contribution in [0.4, 0.5) is 4.79 Å². The highest BCUT2D eigenvalue weighted by Crippen LogP contribution is 2.27. The number of urea groups is 1. The van der Waals surface area contributed by atoms with Crippen LogP contribution in [0.15, 0.2) is 71.7 Å². The number of amides is 2.